The van der Waals surface area contributed by atoms with Gasteiger partial charge in [-0.3, -0.25) is 8.51 Å². The average Bonchev–Trinajstić information content (AvgIpc) is 3.07. The summed E-state index contributed by atoms with van der Waals surface area (Å²) in [5.41, 5.74) is -1.64. The van der Waals surface area contributed by atoms with E-state index in [9.17, 15) is 36.9 Å². The van der Waals surface area contributed by atoms with E-state index < -0.39 is 53.2 Å². The fourth-order valence-corrected chi connectivity index (χ4v) is 5.98. The molecule has 1 aromatic carbocycles. The van der Waals surface area contributed by atoms with E-state index >= 15 is 0 Å². The van der Waals surface area contributed by atoms with Gasteiger partial charge in [-0.15, -0.1) is 11.3 Å². The van der Waals surface area contributed by atoms with Gasteiger partial charge in [0.1, 0.15) is 10.7 Å². The van der Waals surface area contributed by atoms with Crippen molar-refractivity contribution in [3.63, 3.8) is 0 Å². The number of halogens is 3. The van der Waals surface area contributed by atoms with Crippen molar-refractivity contribution in [2.45, 2.75) is 17.6 Å². The van der Waals surface area contributed by atoms with Crippen molar-refractivity contribution in [1.82, 2.24) is 5.16 Å². The third-order valence-electron chi connectivity index (χ3n) is 5.35. The quantitative estimate of drug-likeness (QED) is 0.490. The molecule has 0 amide bonds. The number of alkyl halides is 3. The molecule has 3 aromatic rings. The monoisotopic (exact) mass is 487 g/mol. The molecule has 1 saturated carbocycles. The molecule has 0 spiro atoms. The van der Waals surface area contributed by atoms with E-state index in [1.165, 1.54) is 12.1 Å². The first kappa shape index (κ1) is 22.5. The normalized spacial score (nSPS) is 23.7. The summed E-state index contributed by atoms with van der Waals surface area (Å²) in [6.45, 7) is -0.587. The number of aliphatic hydroxyl groups is 1. The molecule has 13 heteroatoms. The van der Waals surface area contributed by atoms with E-state index in [-0.39, 0.29) is 15.6 Å². The van der Waals surface area contributed by atoms with Gasteiger partial charge in [0, 0.05) is 35.8 Å². The van der Waals surface area contributed by atoms with E-state index in [4.69, 9.17) is 0 Å². The number of aromatic nitrogens is 1. The summed E-state index contributed by atoms with van der Waals surface area (Å²) in [4.78, 5) is 12.5. The van der Waals surface area contributed by atoms with Crippen molar-refractivity contribution in [2.75, 3.05) is 10.9 Å². The Morgan fingerprint density at radius 2 is 1.97 bits per heavy atom. The number of aliphatic hydroxyl groups excluding tert-OH is 1. The Bertz CT molecular complexity index is 1170. The van der Waals surface area contributed by atoms with Crippen molar-refractivity contribution < 1.29 is 41.5 Å². The number of hydrogen-bond donors (Lipinski definition) is 2. The van der Waals surface area contributed by atoms with E-state index in [0.29, 0.717) is 15.9 Å². The smallest absolute Gasteiger partial charge is 0.452 e. The topological polar surface area (TPSA) is 127 Å². The fourth-order valence-electron chi connectivity index (χ4n) is 3.97. The van der Waals surface area contributed by atoms with Crippen LogP contribution in [0.5, 0.6) is 0 Å². The number of carboxylic acids is 1. The summed E-state index contributed by atoms with van der Waals surface area (Å²) < 4.78 is 67.7. The maximum absolute atomic E-state index is 12.8. The van der Waals surface area contributed by atoms with Gasteiger partial charge in [0.05, 0.1) is 4.88 Å². The van der Waals surface area contributed by atoms with E-state index in [1.807, 2.05) is 0 Å². The molecule has 1 aliphatic rings. The van der Waals surface area contributed by atoms with Crippen LogP contribution < -0.4 is 4.31 Å². The zero-order valence-electron chi connectivity index (χ0n) is 15.9. The van der Waals surface area contributed by atoms with Gasteiger partial charge in [0.15, 0.2) is 5.54 Å². The Morgan fingerprint density at radius 3 is 2.50 bits per heavy atom. The first-order valence-corrected chi connectivity index (χ1v) is 10.9. The van der Waals surface area contributed by atoms with Crippen molar-refractivity contribution in [2.24, 2.45) is 5.92 Å². The zero-order chi connectivity index (χ0) is 23.3. The maximum atomic E-state index is 12.8. The third kappa shape index (κ3) is 3.50. The number of hydrogen-bond acceptors (Lipinski definition) is 7. The second-order valence-corrected chi connectivity index (χ2v) is 8.89. The third-order valence-corrected chi connectivity index (χ3v) is 7.36. The van der Waals surface area contributed by atoms with Crippen LogP contribution in [-0.4, -0.2) is 42.2 Å². The highest BCUT2D eigenvalue weighted by Crippen LogP contribution is 2.63. The summed E-state index contributed by atoms with van der Waals surface area (Å²) in [6.07, 6.45) is -4.74. The van der Waals surface area contributed by atoms with Crippen LogP contribution >= 0.6 is 11.3 Å². The molecule has 8 nitrogen and oxygen atoms in total. The number of carbonyl (C=O) groups is 1. The number of benzene rings is 1. The lowest BCUT2D eigenvalue weighted by molar-refractivity contribution is -0.155. The van der Waals surface area contributed by atoms with E-state index in [0.717, 1.165) is 11.3 Å². The van der Waals surface area contributed by atoms with Crippen molar-refractivity contribution in [3.8, 4) is 10.6 Å². The molecule has 2 N–H and O–H groups in total. The van der Waals surface area contributed by atoms with Gasteiger partial charge < -0.3 is 19.3 Å². The summed E-state index contributed by atoms with van der Waals surface area (Å²) in [7, 11) is 0. The molecule has 4 atom stereocenters. The predicted octanol–water partition coefficient (Wildman–Crippen LogP) is 3.25. The van der Waals surface area contributed by atoms with E-state index in [2.05, 4.69) is 9.68 Å². The molecule has 2 heterocycles. The Hall–Kier alpha value is -2.74. The molecule has 1 fully saturated rings. The summed E-state index contributed by atoms with van der Waals surface area (Å²) in [5.74, 6) is -4.54. The Morgan fingerprint density at radius 1 is 1.28 bits per heavy atom. The lowest BCUT2D eigenvalue weighted by Gasteiger charge is -2.32. The second kappa shape index (κ2) is 7.99. The maximum Gasteiger partial charge on any atom is 0.452 e. The van der Waals surface area contributed by atoms with Crippen LogP contribution in [0, 0.1) is 5.92 Å². The van der Waals surface area contributed by atoms with Gasteiger partial charge in [0.25, 0.3) is 0 Å². The minimum atomic E-state index is -4.74. The van der Waals surface area contributed by atoms with Crippen LogP contribution in [-0.2, 0) is 22.2 Å². The van der Waals surface area contributed by atoms with E-state index in [1.54, 1.807) is 30.3 Å². The summed E-state index contributed by atoms with van der Waals surface area (Å²) >= 11 is -2.33. The number of aliphatic carboxylic acids is 1. The van der Waals surface area contributed by atoms with Gasteiger partial charge in [-0.25, -0.2) is 4.79 Å². The van der Waals surface area contributed by atoms with Gasteiger partial charge >= 0.3 is 12.1 Å². The van der Waals surface area contributed by atoms with Gasteiger partial charge in [-0.05, 0) is 17.7 Å². The number of thiophene rings is 1. The van der Waals surface area contributed by atoms with Gasteiger partial charge in [0.2, 0.25) is 5.76 Å². The predicted molar refractivity (Wildman–Crippen MR) is 106 cm³/mol. The van der Waals surface area contributed by atoms with Crippen molar-refractivity contribution in [1.29, 1.82) is 0 Å². The van der Waals surface area contributed by atoms with Gasteiger partial charge in [-0.1, -0.05) is 35.5 Å². The first-order chi connectivity index (χ1) is 15.1. The van der Waals surface area contributed by atoms with Crippen molar-refractivity contribution in [3.05, 3.63) is 59.9 Å². The molecule has 0 aliphatic heterocycles. The minimum Gasteiger partial charge on any atom is -0.755 e. The molecule has 0 bridgehead atoms. The zero-order valence-corrected chi connectivity index (χ0v) is 17.5. The molecular weight excluding hydrogens is 473 g/mol. The summed E-state index contributed by atoms with van der Waals surface area (Å²) in [5, 5.41) is 23.2. The SMILES string of the molecule is O=C(O)C1(N(c2ccc(-c3cc(C(F)(F)F)on3)s2)S(=O)[O-])C(CO)C1c1ccccc1. The first-order valence-electron chi connectivity index (χ1n) is 9.05. The number of nitrogens with zero attached hydrogens (tertiary/aromatic N) is 2. The largest absolute Gasteiger partial charge is 0.755 e. The van der Waals surface area contributed by atoms with Crippen LogP contribution in [0.15, 0.2) is 53.1 Å². The second-order valence-electron chi connectivity index (χ2n) is 7.03. The molecule has 4 unspecified atom stereocenters. The Labute approximate surface area is 185 Å². The molecule has 170 valence electrons. The fraction of sp³-hybridized carbons (Fsp3) is 0.263. The Kier molecular flexibility index (Phi) is 5.61. The van der Waals surface area contributed by atoms with Crippen molar-refractivity contribution >= 4 is 33.6 Å². The van der Waals surface area contributed by atoms with Crippen LogP contribution in [0.1, 0.15) is 17.2 Å². The number of carboxylic acid groups (broad SMARTS) is 1. The van der Waals surface area contributed by atoms with Crippen LogP contribution in [0.2, 0.25) is 0 Å². The Balaban J connectivity index is 1.76. The lowest BCUT2D eigenvalue weighted by Crippen LogP contribution is -2.47. The molecule has 0 radical (unpaired) electrons. The highest BCUT2D eigenvalue weighted by molar-refractivity contribution is 7.81. The number of rotatable bonds is 7. The summed E-state index contributed by atoms with van der Waals surface area (Å²) in [6, 6.07) is 11.6. The lowest BCUT2D eigenvalue weighted by atomic mass is 10.1. The molecular formula is C19H14F3N2O6S2-. The highest BCUT2D eigenvalue weighted by Gasteiger charge is 2.74. The molecule has 1 aliphatic carbocycles. The number of anilines is 1. The highest BCUT2D eigenvalue weighted by atomic mass is 32.2. The molecule has 4 rings (SSSR count). The molecule has 0 saturated heterocycles. The average molecular weight is 487 g/mol. The van der Waals surface area contributed by atoms with Crippen LogP contribution in [0.4, 0.5) is 18.2 Å². The molecule has 32 heavy (non-hydrogen) atoms. The molecule has 2 aromatic heterocycles. The van der Waals surface area contributed by atoms with Gasteiger partial charge in [-0.2, -0.15) is 13.2 Å². The standard InChI is InChI=1S/C19H15F3N2O6S2/c20-19(21,22)14-8-12(23-30-14)13-6-7-15(31-13)24(32(28)29)18(17(26)27)11(9-25)16(18)10-4-2-1-3-5-10/h1-8,11,16,25H,9H2,(H,26,27)(H,28,29)/p-1. The van der Waals surface area contributed by atoms with Crippen LogP contribution in [0.3, 0.4) is 0 Å². The van der Waals surface area contributed by atoms with Crippen LogP contribution in [0.25, 0.3) is 10.6 Å². The minimum absolute atomic E-state index is 0.0517.